The number of benzene rings is 1. The normalized spacial score (nSPS) is 24.7. The Morgan fingerprint density at radius 1 is 1.03 bits per heavy atom. The third-order valence-electron chi connectivity index (χ3n) is 7.24. The molecular formula is C26H34N3O3P. The molecule has 1 aromatic rings. The van der Waals surface area contributed by atoms with Gasteiger partial charge in [0.15, 0.2) is 11.5 Å². The molecule has 0 bridgehead atoms. The number of fused-ring (bicyclic) bond motifs is 1. The van der Waals surface area contributed by atoms with Crippen molar-refractivity contribution in [3.8, 4) is 11.5 Å². The Balaban J connectivity index is 1.24. The van der Waals surface area contributed by atoms with E-state index in [0.29, 0.717) is 20.1 Å². The van der Waals surface area contributed by atoms with Crippen LogP contribution in [0.25, 0.3) is 5.31 Å². The number of ether oxygens (including phenoxy) is 2. The van der Waals surface area contributed by atoms with Crippen molar-refractivity contribution in [2.45, 2.75) is 31.5 Å². The van der Waals surface area contributed by atoms with Crippen LogP contribution >= 0.6 is 8.58 Å². The first-order valence-electron chi connectivity index (χ1n) is 12.0. The Hall–Kier alpha value is -2.30. The molecule has 4 heterocycles. The van der Waals surface area contributed by atoms with Crippen molar-refractivity contribution in [2.24, 2.45) is 5.92 Å². The smallest absolute Gasteiger partial charge is 0.252 e. The summed E-state index contributed by atoms with van der Waals surface area (Å²) in [5.74, 6) is 2.33. The van der Waals surface area contributed by atoms with Crippen molar-refractivity contribution >= 4 is 19.8 Å². The van der Waals surface area contributed by atoms with Gasteiger partial charge < -0.3 is 24.2 Å². The van der Waals surface area contributed by atoms with Gasteiger partial charge in [-0.3, -0.25) is 4.79 Å². The van der Waals surface area contributed by atoms with Crippen LogP contribution in [0.5, 0.6) is 11.5 Å². The van der Waals surface area contributed by atoms with E-state index in [4.69, 9.17) is 9.47 Å². The molecule has 1 amide bonds. The third kappa shape index (κ3) is 4.83. The molecule has 2 saturated heterocycles. The lowest BCUT2D eigenvalue weighted by atomic mass is 9.95. The molecule has 0 radical (unpaired) electrons. The van der Waals surface area contributed by atoms with Gasteiger partial charge in [0.1, 0.15) is 0 Å². The summed E-state index contributed by atoms with van der Waals surface area (Å²) in [5.41, 5.74) is 2.19. The van der Waals surface area contributed by atoms with Crippen molar-refractivity contribution in [1.82, 2.24) is 14.7 Å². The van der Waals surface area contributed by atoms with Crippen LogP contribution in [-0.4, -0.2) is 73.3 Å². The van der Waals surface area contributed by atoms with E-state index in [2.05, 4.69) is 28.2 Å². The number of amides is 1. The number of carbonyl (C=O) groups is 1. The van der Waals surface area contributed by atoms with Crippen LogP contribution in [0, 0.1) is 5.92 Å². The van der Waals surface area contributed by atoms with Crippen LogP contribution in [0.3, 0.4) is 0 Å². The predicted octanol–water partition coefficient (Wildman–Crippen LogP) is 4.11. The quantitative estimate of drug-likeness (QED) is 0.590. The summed E-state index contributed by atoms with van der Waals surface area (Å²) in [5, 5.41) is 1.06. The van der Waals surface area contributed by atoms with E-state index in [0.717, 1.165) is 29.9 Å². The Morgan fingerprint density at radius 3 is 2.52 bits per heavy atom. The van der Waals surface area contributed by atoms with Gasteiger partial charge >= 0.3 is 0 Å². The summed E-state index contributed by atoms with van der Waals surface area (Å²) in [4.78, 5) is 20.1. The maximum atomic E-state index is 13.1. The summed E-state index contributed by atoms with van der Waals surface area (Å²) in [6.45, 7) is 5.99. The molecule has 2 unspecified atom stereocenters. The van der Waals surface area contributed by atoms with Crippen molar-refractivity contribution in [3.05, 3.63) is 53.9 Å². The number of hydrogen-bond acceptors (Lipinski definition) is 5. The Kier molecular flexibility index (Phi) is 6.75. The van der Waals surface area contributed by atoms with Crippen molar-refractivity contribution < 1.29 is 14.3 Å². The summed E-state index contributed by atoms with van der Waals surface area (Å²) < 4.78 is 10.8. The molecule has 6 nitrogen and oxygen atoms in total. The van der Waals surface area contributed by atoms with Crippen molar-refractivity contribution in [1.29, 1.82) is 0 Å². The maximum absolute atomic E-state index is 13.1. The summed E-state index contributed by atoms with van der Waals surface area (Å²) in [7, 11) is 3.76. The number of rotatable bonds is 6. The number of allylic oxidation sites excluding steroid dienone is 1. The Morgan fingerprint density at radius 2 is 1.79 bits per heavy atom. The van der Waals surface area contributed by atoms with Crippen LogP contribution in [0.1, 0.15) is 31.2 Å². The predicted molar refractivity (Wildman–Crippen MR) is 134 cm³/mol. The van der Waals surface area contributed by atoms with Gasteiger partial charge in [-0.05, 0) is 73.8 Å². The van der Waals surface area contributed by atoms with Crippen LogP contribution in [0.2, 0.25) is 0 Å². The topological polar surface area (TPSA) is 45.2 Å². The molecule has 4 aliphatic heterocycles. The molecule has 2 atom stereocenters. The van der Waals surface area contributed by atoms with Crippen LogP contribution in [0.4, 0.5) is 0 Å². The molecule has 0 N–H and O–H groups in total. The molecule has 0 aromatic heterocycles. The highest BCUT2D eigenvalue weighted by molar-refractivity contribution is 7.51. The summed E-state index contributed by atoms with van der Waals surface area (Å²) in [6, 6.07) is 5.86. The first-order chi connectivity index (χ1) is 16.1. The second-order valence-electron chi connectivity index (χ2n) is 9.31. The lowest BCUT2D eigenvalue weighted by molar-refractivity contribution is -0.123. The Labute approximate surface area is 198 Å². The van der Waals surface area contributed by atoms with Gasteiger partial charge in [-0.2, -0.15) is 0 Å². The first-order valence-corrected chi connectivity index (χ1v) is 13.1. The van der Waals surface area contributed by atoms with Gasteiger partial charge in [-0.25, -0.2) is 0 Å². The van der Waals surface area contributed by atoms with Gasteiger partial charge in [0, 0.05) is 31.9 Å². The van der Waals surface area contributed by atoms with Crippen molar-refractivity contribution in [3.63, 3.8) is 0 Å². The molecule has 7 heteroatoms. The summed E-state index contributed by atoms with van der Waals surface area (Å²) >= 11 is 0. The fourth-order valence-electron chi connectivity index (χ4n) is 5.33. The molecule has 2 fully saturated rings. The fraction of sp³-hybridized carbons (Fsp3) is 0.500. The van der Waals surface area contributed by atoms with E-state index < -0.39 is 0 Å². The van der Waals surface area contributed by atoms with E-state index in [1.54, 1.807) is 20.3 Å². The van der Waals surface area contributed by atoms with E-state index in [9.17, 15) is 4.79 Å². The van der Waals surface area contributed by atoms with Crippen LogP contribution in [-0.2, 0) is 4.79 Å². The van der Waals surface area contributed by atoms with E-state index in [-0.39, 0.29) is 11.7 Å². The molecule has 4 aliphatic rings. The molecule has 176 valence electrons. The standard InChI is InChI=1S/C26H34N3O3P/c1-31-22-7-5-20(15-23(22)32-2)24-16-25(30)29-18-21(6-8-26(29)33-24)28-13-9-19(10-14-28)17-27-11-3-4-12-27/h5-8,15-16,18-19,26,33H,3-4,9-14,17H2,1-2H3. The average Bonchev–Trinajstić information content (AvgIpc) is 3.37. The molecule has 0 saturated carbocycles. The number of hydrogen-bond donors (Lipinski definition) is 0. The van der Waals surface area contributed by atoms with Gasteiger partial charge in [0.25, 0.3) is 5.91 Å². The fourth-order valence-corrected chi connectivity index (χ4v) is 6.71. The van der Waals surface area contributed by atoms with E-state index in [1.165, 1.54) is 51.0 Å². The van der Waals surface area contributed by atoms with Crippen LogP contribution in [0.15, 0.2) is 48.3 Å². The SMILES string of the molecule is COc1ccc(C2=CC(=O)N3C=C(N4CCC(CN5CCCC5)CC4)C=CC3P2)cc1OC. The molecule has 0 aliphatic carbocycles. The number of carbonyl (C=O) groups excluding carboxylic acids is 1. The van der Waals surface area contributed by atoms with Gasteiger partial charge in [0.2, 0.25) is 0 Å². The highest BCUT2D eigenvalue weighted by atomic mass is 31.1. The van der Waals surface area contributed by atoms with Crippen LogP contribution < -0.4 is 9.47 Å². The number of methoxy groups -OCH3 is 2. The number of likely N-dealkylation sites (tertiary alicyclic amines) is 2. The second kappa shape index (κ2) is 9.90. The minimum atomic E-state index is 0.0503. The molecule has 5 rings (SSSR count). The third-order valence-corrected chi connectivity index (χ3v) is 8.75. The monoisotopic (exact) mass is 467 g/mol. The van der Waals surface area contributed by atoms with Gasteiger partial charge in [-0.15, -0.1) is 0 Å². The molecule has 33 heavy (non-hydrogen) atoms. The van der Waals surface area contributed by atoms with Gasteiger partial charge in [-0.1, -0.05) is 20.7 Å². The largest absolute Gasteiger partial charge is 0.493 e. The highest BCUT2D eigenvalue weighted by Crippen LogP contribution is 2.46. The van der Waals surface area contributed by atoms with Gasteiger partial charge in [0.05, 0.1) is 25.7 Å². The molecular weight excluding hydrogens is 433 g/mol. The number of nitrogens with zero attached hydrogens (tertiary/aromatic N) is 3. The Bertz CT molecular complexity index is 975. The van der Waals surface area contributed by atoms with E-state index in [1.807, 2.05) is 23.1 Å². The van der Waals surface area contributed by atoms with E-state index >= 15 is 0 Å². The average molecular weight is 468 g/mol. The molecule has 1 aromatic carbocycles. The zero-order valence-corrected chi connectivity index (χ0v) is 20.6. The zero-order valence-electron chi connectivity index (χ0n) is 19.6. The zero-order chi connectivity index (χ0) is 22.8. The van der Waals surface area contributed by atoms with Crippen molar-refractivity contribution in [2.75, 3.05) is 46.9 Å². The molecule has 0 spiro atoms. The highest BCUT2D eigenvalue weighted by Gasteiger charge is 2.31. The first kappa shape index (κ1) is 22.5. The minimum Gasteiger partial charge on any atom is -0.493 e. The minimum absolute atomic E-state index is 0.0503. The lowest BCUT2D eigenvalue weighted by Crippen LogP contribution is -2.41. The number of piperidine rings is 1. The second-order valence-corrected chi connectivity index (χ2v) is 10.7. The summed E-state index contributed by atoms with van der Waals surface area (Å²) in [6.07, 6.45) is 13.5. The maximum Gasteiger partial charge on any atom is 0.252 e. The lowest BCUT2D eigenvalue weighted by Gasteiger charge is -2.39.